The number of ether oxygens (including phenoxy) is 3. The predicted octanol–water partition coefficient (Wildman–Crippen LogP) is 17.5. The first-order valence-electron chi connectivity index (χ1n) is 26.7. The van der Waals surface area contributed by atoms with Crippen molar-refractivity contribution in [2.45, 2.75) is 277 Å². The molecule has 0 heterocycles. The van der Waals surface area contributed by atoms with Gasteiger partial charge in [-0.3, -0.25) is 14.4 Å². The summed E-state index contributed by atoms with van der Waals surface area (Å²) in [5, 5.41) is 0. The maximum absolute atomic E-state index is 12.7. The van der Waals surface area contributed by atoms with E-state index in [1.807, 2.05) is 6.08 Å². The smallest absolute Gasteiger partial charge is 0.306 e. The van der Waals surface area contributed by atoms with E-state index in [0.717, 1.165) is 51.4 Å². The van der Waals surface area contributed by atoms with Crippen LogP contribution in [-0.2, 0) is 28.6 Å². The Morgan fingerprint density at radius 2 is 0.661 bits per heavy atom. The van der Waals surface area contributed by atoms with Gasteiger partial charge in [-0.25, -0.2) is 0 Å². The fourth-order valence-electron chi connectivity index (χ4n) is 7.55. The van der Waals surface area contributed by atoms with Crippen molar-refractivity contribution >= 4 is 17.9 Å². The summed E-state index contributed by atoms with van der Waals surface area (Å²) in [7, 11) is 0. The molecule has 6 nitrogen and oxygen atoms in total. The van der Waals surface area contributed by atoms with Gasteiger partial charge in [0, 0.05) is 19.3 Å². The Hall–Kier alpha value is -2.63. The van der Waals surface area contributed by atoms with E-state index in [1.165, 1.54) is 173 Å². The van der Waals surface area contributed by atoms with Crippen molar-refractivity contribution < 1.29 is 28.6 Å². The predicted molar refractivity (Wildman–Crippen MR) is 265 cm³/mol. The first-order chi connectivity index (χ1) is 30.5. The number of carbonyl (C=O) groups is 3. The summed E-state index contributed by atoms with van der Waals surface area (Å²) in [5.74, 6) is -0.958. The topological polar surface area (TPSA) is 78.9 Å². The molecule has 0 saturated heterocycles. The molecule has 0 fully saturated rings. The molecule has 0 radical (unpaired) electrons. The number of carbonyl (C=O) groups excluding carboxylic acids is 3. The van der Waals surface area contributed by atoms with Gasteiger partial charge >= 0.3 is 17.9 Å². The van der Waals surface area contributed by atoms with Crippen LogP contribution < -0.4 is 0 Å². The summed E-state index contributed by atoms with van der Waals surface area (Å²) in [6, 6.07) is 0. The maximum Gasteiger partial charge on any atom is 0.306 e. The van der Waals surface area contributed by atoms with Crippen LogP contribution in [0.15, 0.2) is 48.6 Å². The summed E-state index contributed by atoms with van der Waals surface area (Å²) in [5.41, 5.74) is 0. The third-order valence-electron chi connectivity index (χ3n) is 11.6. The number of allylic oxidation sites excluding steroid dienone is 8. The molecule has 0 N–H and O–H groups in total. The summed E-state index contributed by atoms with van der Waals surface area (Å²) >= 11 is 0. The van der Waals surface area contributed by atoms with Crippen LogP contribution in [0.1, 0.15) is 271 Å². The molecule has 0 bridgehead atoms. The average molecular weight is 869 g/mol. The molecule has 0 saturated carbocycles. The molecule has 0 aromatic rings. The lowest BCUT2D eigenvalue weighted by Gasteiger charge is -2.18. The van der Waals surface area contributed by atoms with Gasteiger partial charge in [0.05, 0.1) is 0 Å². The molecule has 6 heteroatoms. The summed E-state index contributed by atoms with van der Waals surface area (Å²) in [4.78, 5) is 37.9. The van der Waals surface area contributed by atoms with Crippen LogP contribution in [0.2, 0.25) is 0 Å². The van der Waals surface area contributed by atoms with E-state index in [1.54, 1.807) is 0 Å². The Morgan fingerprint density at radius 3 is 1.08 bits per heavy atom. The van der Waals surface area contributed by atoms with Gasteiger partial charge in [0.25, 0.3) is 0 Å². The lowest BCUT2D eigenvalue weighted by Crippen LogP contribution is -2.30. The molecular formula is C56H100O6. The Balaban J connectivity index is 4.37. The molecule has 0 rings (SSSR count). The first kappa shape index (κ1) is 59.4. The molecule has 0 aliphatic heterocycles. The second-order valence-electron chi connectivity index (χ2n) is 17.8. The molecule has 1 unspecified atom stereocenters. The minimum absolute atomic E-state index is 0.0940. The van der Waals surface area contributed by atoms with Crippen molar-refractivity contribution in [3.05, 3.63) is 48.6 Å². The average Bonchev–Trinajstić information content (AvgIpc) is 3.27. The van der Waals surface area contributed by atoms with Gasteiger partial charge in [0.15, 0.2) is 6.10 Å². The molecule has 0 spiro atoms. The molecule has 0 aliphatic rings. The van der Waals surface area contributed by atoms with E-state index in [0.29, 0.717) is 19.3 Å². The van der Waals surface area contributed by atoms with Crippen LogP contribution >= 0.6 is 0 Å². The third-order valence-corrected chi connectivity index (χ3v) is 11.6. The fraction of sp³-hybridized carbons (Fsp3) is 0.804. The van der Waals surface area contributed by atoms with Gasteiger partial charge in [-0.15, -0.1) is 0 Å². The largest absolute Gasteiger partial charge is 0.462 e. The minimum atomic E-state index is -0.801. The Kier molecular flexibility index (Phi) is 48.8. The summed E-state index contributed by atoms with van der Waals surface area (Å²) in [6.07, 6.45) is 61.1. The molecule has 360 valence electrons. The van der Waals surface area contributed by atoms with Gasteiger partial charge < -0.3 is 14.2 Å². The molecule has 0 amide bonds. The van der Waals surface area contributed by atoms with Crippen molar-refractivity contribution in [3.8, 4) is 0 Å². The fourth-order valence-corrected chi connectivity index (χ4v) is 7.55. The van der Waals surface area contributed by atoms with Gasteiger partial charge in [-0.2, -0.15) is 0 Å². The molecular weight excluding hydrogens is 769 g/mol. The first-order valence-corrected chi connectivity index (χ1v) is 26.7. The van der Waals surface area contributed by atoms with Gasteiger partial charge in [0.1, 0.15) is 13.2 Å². The molecule has 0 aromatic carbocycles. The van der Waals surface area contributed by atoms with E-state index in [9.17, 15) is 14.4 Å². The second-order valence-corrected chi connectivity index (χ2v) is 17.8. The SMILES string of the molecule is CCCCC/C=C\C=C/CCCCCCCCCCCCC(=O)OCC(COC(=O)CCCCCCCCCCCCCC)OC(=O)CC/C=C\C/C=C\CCCCCCCC. The van der Waals surface area contributed by atoms with Crippen molar-refractivity contribution in [3.63, 3.8) is 0 Å². The number of unbranched alkanes of at least 4 members (excludes halogenated alkanes) is 30. The van der Waals surface area contributed by atoms with Crippen LogP contribution in [0.4, 0.5) is 0 Å². The second kappa shape index (κ2) is 51.0. The monoisotopic (exact) mass is 869 g/mol. The van der Waals surface area contributed by atoms with Gasteiger partial charge in [-0.1, -0.05) is 236 Å². The lowest BCUT2D eigenvalue weighted by molar-refractivity contribution is -0.166. The van der Waals surface area contributed by atoms with E-state index < -0.39 is 6.10 Å². The summed E-state index contributed by atoms with van der Waals surface area (Å²) < 4.78 is 16.7. The molecule has 0 aliphatic carbocycles. The van der Waals surface area contributed by atoms with E-state index in [2.05, 4.69) is 63.3 Å². The minimum Gasteiger partial charge on any atom is -0.462 e. The Labute approximate surface area is 384 Å². The van der Waals surface area contributed by atoms with Crippen molar-refractivity contribution in [1.82, 2.24) is 0 Å². The highest BCUT2D eigenvalue weighted by Gasteiger charge is 2.19. The highest BCUT2D eigenvalue weighted by molar-refractivity contribution is 5.71. The molecule has 62 heavy (non-hydrogen) atoms. The molecule has 0 aromatic heterocycles. The van der Waals surface area contributed by atoms with Crippen LogP contribution in [-0.4, -0.2) is 37.2 Å². The Bertz CT molecular complexity index is 1090. The van der Waals surface area contributed by atoms with E-state index >= 15 is 0 Å². The number of rotatable bonds is 48. The molecule has 1 atom stereocenters. The standard InChI is InChI=1S/C56H100O6/c1-4-7-10-13-16-19-22-25-26-27-28-29-30-32-34-37-40-43-46-49-55(58)61-52-53(51-60-54(57)48-45-42-39-36-33-24-21-18-15-12-9-6-3)62-56(59)50-47-44-41-38-35-31-23-20-17-14-11-8-5-2/h16,19,22,25,31,35,41,44,53H,4-15,17-18,20-21,23-24,26-30,32-34,36-40,42-43,45-52H2,1-3H3/b19-16-,25-22-,35-31-,44-41-. The van der Waals surface area contributed by atoms with Gasteiger partial charge in [-0.05, 0) is 64.2 Å². The van der Waals surface area contributed by atoms with E-state index in [4.69, 9.17) is 14.2 Å². The van der Waals surface area contributed by atoms with Crippen LogP contribution in [0.3, 0.4) is 0 Å². The van der Waals surface area contributed by atoms with Crippen molar-refractivity contribution in [1.29, 1.82) is 0 Å². The van der Waals surface area contributed by atoms with Crippen molar-refractivity contribution in [2.75, 3.05) is 13.2 Å². The zero-order valence-corrected chi connectivity index (χ0v) is 41.1. The lowest BCUT2D eigenvalue weighted by atomic mass is 10.0. The quantitative estimate of drug-likeness (QED) is 0.0199. The number of esters is 3. The number of hydrogen-bond acceptors (Lipinski definition) is 6. The zero-order chi connectivity index (χ0) is 45.1. The summed E-state index contributed by atoms with van der Waals surface area (Å²) in [6.45, 7) is 6.56. The zero-order valence-electron chi connectivity index (χ0n) is 41.1. The highest BCUT2D eigenvalue weighted by Crippen LogP contribution is 2.15. The Morgan fingerprint density at radius 1 is 0.339 bits per heavy atom. The van der Waals surface area contributed by atoms with Crippen molar-refractivity contribution in [2.24, 2.45) is 0 Å². The van der Waals surface area contributed by atoms with E-state index in [-0.39, 0.29) is 37.5 Å². The van der Waals surface area contributed by atoms with Crippen LogP contribution in [0.5, 0.6) is 0 Å². The third kappa shape index (κ3) is 48.4. The van der Waals surface area contributed by atoms with Gasteiger partial charge in [0.2, 0.25) is 0 Å². The van der Waals surface area contributed by atoms with Crippen LogP contribution in [0, 0.1) is 0 Å². The normalized spacial score (nSPS) is 12.4. The number of hydrogen-bond donors (Lipinski definition) is 0. The highest BCUT2D eigenvalue weighted by atomic mass is 16.6. The van der Waals surface area contributed by atoms with Crippen LogP contribution in [0.25, 0.3) is 0 Å². The maximum atomic E-state index is 12.7.